The van der Waals surface area contributed by atoms with Crippen molar-refractivity contribution in [3.05, 3.63) is 23.2 Å². The van der Waals surface area contributed by atoms with Gasteiger partial charge in [-0.15, -0.1) is 11.7 Å². The zero-order valence-corrected chi connectivity index (χ0v) is 9.90. The molecule has 0 spiro atoms. The predicted molar refractivity (Wildman–Crippen MR) is 60.1 cm³/mol. The third kappa shape index (κ3) is 3.34. The SMILES string of the molecule is FC(F)Oc1cc(S(=S)S)ccc1Cl. The van der Waals surface area contributed by atoms with Crippen LogP contribution in [0.15, 0.2) is 23.1 Å². The maximum Gasteiger partial charge on any atom is 0.387 e. The zero-order chi connectivity index (χ0) is 10.7. The molecule has 1 nitrogen and oxygen atoms in total. The van der Waals surface area contributed by atoms with Crippen molar-refractivity contribution in [1.29, 1.82) is 0 Å². The second-order valence-corrected chi connectivity index (χ2v) is 6.43. The molecular weight excluding hydrogens is 270 g/mol. The van der Waals surface area contributed by atoms with E-state index in [4.69, 9.17) is 22.8 Å². The zero-order valence-electron chi connectivity index (χ0n) is 6.62. The fourth-order valence-electron chi connectivity index (χ4n) is 0.779. The number of ether oxygens (including phenoxy) is 1. The number of benzene rings is 1. The van der Waals surface area contributed by atoms with Gasteiger partial charge in [0.15, 0.2) is 0 Å². The van der Waals surface area contributed by atoms with Crippen LogP contribution in [-0.4, -0.2) is 6.61 Å². The van der Waals surface area contributed by atoms with Crippen molar-refractivity contribution in [2.75, 3.05) is 0 Å². The molecule has 0 saturated carbocycles. The van der Waals surface area contributed by atoms with Crippen LogP contribution in [0.25, 0.3) is 0 Å². The Morgan fingerprint density at radius 3 is 2.64 bits per heavy atom. The Morgan fingerprint density at radius 1 is 1.50 bits per heavy atom. The molecule has 0 aliphatic rings. The van der Waals surface area contributed by atoms with Gasteiger partial charge in [0.2, 0.25) is 0 Å². The summed E-state index contributed by atoms with van der Waals surface area (Å²) in [5.74, 6) is -0.0735. The number of hydrogen-bond acceptors (Lipinski definition) is 2. The molecule has 0 aliphatic carbocycles. The molecule has 0 heterocycles. The fourth-order valence-corrected chi connectivity index (χ4v) is 1.98. The van der Waals surface area contributed by atoms with Crippen LogP contribution in [0, 0.1) is 0 Å². The molecule has 1 atom stereocenters. The highest BCUT2D eigenvalue weighted by Crippen LogP contribution is 2.28. The quantitative estimate of drug-likeness (QED) is 0.669. The highest BCUT2D eigenvalue weighted by molar-refractivity contribution is 8.76. The molecule has 7 heteroatoms. The average Bonchev–Trinajstić information content (AvgIpc) is 2.07. The summed E-state index contributed by atoms with van der Waals surface area (Å²) >= 11 is 14.5. The van der Waals surface area contributed by atoms with E-state index in [1.807, 2.05) is 0 Å². The molecule has 0 bridgehead atoms. The van der Waals surface area contributed by atoms with Gasteiger partial charge in [0, 0.05) is 4.90 Å². The van der Waals surface area contributed by atoms with Gasteiger partial charge in [0.1, 0.15) is 5.75 Å². The number of rotatable bonds is 3. The maximum atomic E-state index is 11.9. The Morgan fingerprint density at radius 2 is 2.14 bits per heavy atom. The van der Waals surface area contributed by atoms with Crippen LogP contribution in [0.3, 0.4) is 0 Å². The van der Waals surface area contributed by atoms with Crippen LogP contribution in [-0.2, 0) is 19.7 Å². The highest BCUT2D eigenvalue weighted by Gasteiger charge is 2.09. The predicted octanol–water partition coefficient (Wildman–Crippen LogP) is 3.23. The van der Waals surface area contributed by atoms with E-state index in [0.29, 0.717) is 4.90 Å². The van der Waals surface area contributed by atoms with Crippen molar-refractivity contribution >= 4 is 42.9 Å². The third-order valence-electron chi connectivity index (χ3n) is 1.32. The molecule has 0 aromatic heterocycles. The topological polar surface area (TPSA) is 9.23 Å². The number of thiol groups is 1. The highest BCUT2D eigenvalue weighted by atomic mass is 35.5. The van der Waals surface area contributed by atoms with E-state index in [-0.39, 0.29) is 10.8 Å². The van der Waals surface area contributed by atoms with Gasteiger partial charge in [-0.1, -0.05) is 11.6 Å². The lowest BCUT2D eigenvalue weighted by molar-refractivity contribution is -0.0499. The molecule has 0 amide bonds. The molecule has 1 aromatic carbocycles. The van der Waals surface area contributed by atoms with Crippen LogP contribution < -0.4 is 4.74 Å². The van der Waals surface area contributed by atoms with Crippen LogP contribution in [0.2, 0.25) is 5.02 Å². The summed E-state index contributed by atoms with van der Waals surface area (Å²) in [5.41, 5.74) is 0. The van der Waals surface area contributed by atoms with Crippen LogP contribution >= 0.6 is 23.3 Å². The second-order valence-electron chi connectivity index (χ2n) is 2.22. The summed E-state index contributed by atoms with van der Waals surface area (Å²) < 4.78 is 28.0. The van der Waals surface area contributed by atoms with Crippen molar-refractivity contribution in [3.8, 4) is 5.75 Å². The standard InChI is InChI=1S/C7H5ClF2OS3/c8-5-2-1-4(14(12)13)3-6(5)11-7(9)10/h1-3,7H,(H,12,13). The van der Waals surface area contributed by atoms with E-state index in [9.17, 15) is 8.78 Å². The number of hydrogen-bond donors (Lipinski definition) is 1. The van der Waals surface area contributed by atoms with Crippen molar-refractivity contribution in [3.63, 3.8) is 0 Å². The Kier molecular flexibility index (Phi) is 4.56. The van der Waals surface area contributed by atoms with E-state index >= 15 is 0 Å². The Hall–Kier alpha value is 0.0900. The minimum Gasteiger partial charge on any atom is -0.433 e. The second kappa shape index (κ2) is 5.25. The Labute approximate surface area is 96.8 Å². The molecule has 78 valence electrons. The summed E-state index contributed by atoms with van der Waals surface area (Å²) in [6.07, 6.45) is 0. The first kappa shape index (κ1) is 12.2. The fraction of sp³-hybridized carbons (Fsp3) is 0.143. The lowest BCUT2D eigenvalue weighted by atomic mass is 10.3. The number of alkyl halides is 2. The van der Waals surface area contributed by atoms with E-state index in [1.54, 1.807) is 6.07 Å². The van der Waals surface area contributed by atoms with Gasteiger partial charge in [-0.2, -0.15) is 8.78 Å². The molecule has 0 saturated heterocycles. The Bertz CT molecular complexity index is 359. The largest absolute Gasteiger partial charge is 0.433 e. The molecule has 1 aromatic rings. The lowest BCUT2D eigenvalue weighted by Gasteiger charge is -2.07. The first-order valence-electron chi connectivity index (χ1n) is 3.36. The first-order chi connectivity index (χ1) is 6.50. The molecule has 0 radical (unpaired) electrons. The lowest BCUT2D eigenvalue weighted by Crippen LogP contribution is -2.02. The minimum absolute atomic E-state index is 0.0735. The van der Waals surface area contributed by atoms with Crippen molar-refractivity contribution in [2.24, 2.45) is 0 Å². The van der Waals surface area contributed by atoms with Gasteiger partial charge in [-0.25, -0.2) is 0 Å². The van der Waals surface area contributed by atoms with E-state index in [0.717, 1.165) is 0 Å². The maximum absolute atomic E-state index is 11.9. The third-order valence-corrected chi connectivity index (χ3v) is 3.50. The van der Waals surface area contributed by atoms with E-state index in [2.05, 4.69) is 16.4 Å². The summed E-state index contributed by atoms with van der Waals surface area (Å²) in [7, 11) is -0.718. The van der Waals surface area contributed by atoms with Crippen LogP contribution in [0.4, 0.5) is 8.78 Å². The van der Waals surface area contributed by atoms with Crippen molar-refractivity contribution in [2.45, 2.75) is 11.5 Å². The van der Waals surface area contributed by atoms with Gasteiger partial charge in [0.25, 0.3) is 0 Å². The Balaban J connectivity index is 3.02. The number of halogens is 3. The molecule has 0 aliphatic heterocycles. The van der Waals surface area contributed by atoms with Gasteiger partial charge in [-0.3, -0.25) is 0 Å². The van der Waals surface area contributed by atoms with E-state index < -0.39 is 15.1 Å². The van der Waals surface area contributed by atoms with Crippen molar-refractivity contribution in [1.82, 2.24) is 0 Å². The molecule has 0 N–H and O–H groups in total. The van der Waals surface area contributed by atoms with Crippen LogP contribution in [0.5, 0.6) is 5.75 Å². The van der Waals surface area contributed by atoms with Gasteiger partial charge in [0.05, 0.1) is 5.02 Å². The first-order valence-corrected chi connectivity index (χ1v) is 6.94. The molecule has 1 unspecified atom stereocenters. The summed E-state index contributed by atoms with van der Waals surface area (Å²) in [6.45, 7) is -2.89. The normalized spacial score (nSPS) is 12.9. The minimum atomic E-state index is -2.89. The molecule has 14 heavy (non-hydrogen) atoms. The smallest absolute Gasteiger partial charge is 0.387 e. The molecule has 1 rings (SSSR count). The van der Waals surface area contributed by atoms with Gasteiger partial charge < -0.3 is 4.74 Å². The van der Waals surface area contributed by atoms with Crippen LogP contribution in [0.1, 0.15) is 0 Å². The summed E-state index contributed by atoms with van der Waals surface area (Å²) in [4.78, 5) is 0.628. The van der Waals surface area contributed by atoms with E-state index in [1.165, 1.54) is 12.1 Å². The average molecular weight is 275 g/mol. The summed E-state index contributed by atoms with van der Waals surface area (Å²) in [6, 6.07) is 4.46. The molecular formula is C7H5ClF2OS3. The van der Waals surface area contributed by atoms with Gasteiger partial charge in [-0.05, 0) is 37.9 Å². The summed E-state index contributed by atoms with van der Waals surface area (Å²) in [5, 5.41) is 0.128. The monoisotopic (exact) mass is 274 g/mol. The molecule has 0 fully saturated rings. The van der Waals surface area contributed by atoms with Gasteiger partial charge >= 0.3 is 6.61 Å². The van der Waals surface area contributed by atoms with Crippen molar-refractivity contribution < 1.29 is 13.5 Å².